The predicted octanol–water partition coefficient (Wildman–Crippen LogP) is 3.51. The van der Waals surface area contributed by atoms with Gasteiger partial charge in [-0.05, 0) is 98.7 Å². The van der Waals surface area contributed by atoms with Gasteiger partial charge in [0.1, 0.15) is 18.8 Å². The second kappa shape index (κ2) is 12.1. The van der Waals surface area contributed by atoms with E-state index in [-0.39, 0.29) is 96.5 Å². The number of hydrogen-bond donors (Lipinski definition) is 4. The van der Waals surface area contributed by atoms with E-state index in [1.54, 1.807) is 6.08 Å². The molecule has 5 bridgehead atoms. The van der Waals surface area contributed by atoms with Crippen molar-refractivity contribution < 1.29 is 53.5 Å². The molecule has 1 aromatic carbocycles. The first-order valence-corrected chi connectivity index (χ1v) is 22.3. The van der Waals surface area contributed by atoms with Crippen molar-refractivity contribution in [2.75, 3.05) is 32.2 Å². The van der Waals surface area contributed by atoms with E-state index >= 15 is 0 Å². The number of benzene rings is 1. The summed E-state index contributed by atoms with van der Waals surface area (Å²) in [5, 5.41) is 50.6. The number of carbonyl (C=O) groups is 3. The van der Waals surface area contributed by atoms with Gasteiger partial charge in [-0.15, -0.1) is 0 Å². The van der Waals surface area contributed by atoms with E-state index < -0.39 is 57.8 Å². The Morgan fingerprint density at radius 2 is 1.78 bits per heavy atom. The van der Waals surface area contributed by atoms with Gasteiger partial charge >= 0.3 is 17.9 Å². The van der Waals surface area contributed by atoms with Crippen LogP contribution in [-0.2, 0) is 34.0 Å². The summed E-state index contributed by atoms with van der Waals surface area (Å²) in [6, 6.07) is 8.21. The zero-order valence-corrected chi connectivity index (χ0v) is 34.3. The fraction of sp³-hybridized carbons (Fsp3) is 0.761. The number of quaternary nitrogens is 1. The number of para-hydroxylation sites is 1. The maximum Gasteiger partial charge on any atom is 0.362 e. The molecule has 1 aromatic rings. The molecule has 1 spiro atoms. The molecule has 12 nitrogen and oxygen atoms in total. The topological polar surface area (TPSA) is 163 Å². The van der Waals surface area contributed by atoms with E-state index in [0.717, 1.165) is 30.5 Å². The van der Waals surface area contributed by atoms with E-state index in [4.69, 9.17) is 14.2 Å². The highest BCUT2D eigenvalue weighted by Crippen LogP contribution is 2.73. The quantitative estimate of drug-likeness (QED) is 0.189. The molecule has 0 aromatic heterocycles. The highest BCUT2D eigenvalue weighted by atomic mass is 16.6. The van der Waals surface area contributed by atoms with E-state index in [1.807, 2.05) is 6.07 Å². The second-order valence-corrected chi connectivity index (χ2v) is 20.9. The number of methoxy groups -OCH3 is 1. The Morgan fingerprint density at radius 1 is 1.00 bits per heavy atom. The van der Waals surface area contributed by atoms with E-state index in [0.29, 0.717) is 38.5 Å². The number of anilines is 1. The summed E-state index contributed by atoms with van der Waals surface area (Å²) < 4.78 is 17.5. The zero-order valence-electron chi connectivity index (χ0n) is 34.3. The average molecular weight is 802 g/mol. The van der Waals surface area contributed by atoms with Crippen LogP contribution in [0.5, 0.6) is 0 Å². The van der Waals surface area contributed by atoms with Crippen molar-refractivity contribution in [3.63, 3.8) is 0 Å². The van der Waals surface area contributed by atoms with Crippen molar-refractivity contribution in [3.05, 3.63) is 41.5 Å². The number of hydrogen-bond acceptors (Lipinski definition) is 11. The molecule has 12 heteroatoms. The van der Waals surface area contributed by atoms with Gasteiger partial charge in [0.2, 0.25) is 0 Å². The van der Waals surface area contributed by atoms with Crippen LogP contribution in [0.15, 0.2) is 35.9 Å². The summed E-state index contributed by atoms with van der Waals surface area (Å²) >= 11 is 0. The zero-order chi connectivity index (χ0) is 40.5. The third-order valence-electron chi connectivity index (χ3n) is 19.9. The number of likely N-dealkylation sites (N-methyl/N-ethyl adjacent to an activating group) is 1. The molecule has 4 N–H and O–H groups in total. The van der Waals surface area contributed by atoms with Crippen molar-refractivity contribution in [1.82, 2.24) is 0 Å². The van der Waals surface area contributed by atoms with Gasteiger partial charge in [0.15, 0.2) is 12.8 Å². The Hall–Kier alpha value is -3.03. The molecule has 4 saturated heterocycles. The molecular weight excluding hydrogens is 741 g/mol. The lowest BCUT2D eigenvalue weighted by Crippen LogP contribution is -2.83. The number of carbonyl (C=O) groups excluding carboxylic acids is 3. The first-order valence-electron chi connectivity index (χ1n) is 22.3. The third-order valence-corrected chi connectivity index (χ3v) is 19.9. The Kier molecular flexibility index (Phi) is 7.90. The number of esters is 3. The van der Waals surface area contributed by atoms with Gasteiger partial charge in [0, 0.05) is 55.3 Å². The second-order valence-electron chi connectivity index (χ2n) is 20.9. The Morgan fingerprint density at radius 3 is 2.52 bits per heavy atom. The molecule has 0 unspecified atom stereocenters. The molecule has 9 fully saturated rings. The minimum atomic E-state index is -1.50. The lowest BCUT2D eigenvalue weighted by molar-refractivity contribution is -1.03. The van der Waals surface area contributed by atoms with E-state index in [1.165, 1.54) is 12.7 Å². The van der Waals surface area contributed by atoms with Crippen LogP contribution >= 0.6 is 0 Å². The highest BCUT2D eigenvalue weighted by molar-refractivity contribution is 5.85. The van der Waals surface area contributed by atoms with Crippen LogP contribution in [0.3, 0.4) is 0 Å². The molecule has 58 heavy (non-hydrogen) atoms. The Balaban J connectivity index is 0.871. The molecule has 0 amide bonds. The van der Waals surface area contributed by atoms with Crippen molar-refractivity contribution in [3.8, 4) is 0 Å². The first kappa shape index (κ1) is 37.9. The molecule has 18 atom stereocenters. The monoisotopic (exact) mass is 801 g/mol. The molecule has 5 saturated carbocycles. The summed E-state index contributed by atoms with van der Waals surface area (Å²) in [6.07, 6.45) is 6.02. The lowest BCUT2D eigenvalue weighted by atomic mass is 9.41. The van der Waals surface area contributed by atoms with Gasteiger partial charge in [-0.25, -0.2) is 9.59 Å². The molecule has 11 aliphatic rings. The smallest absolute Gasteiger partial charge is 0.362 e. The van der Waals surface area contributed by atoms with Crippen molar-refractivity contribution in [2.24, 2.45) is 46.3 Å². The van der Waals surface area contributed by atoms with Gasteiger partial charge in [-0.3, -0.25) is 9.28 Å². The van der Waals surface area contributed by atoms with Gasteiger partial charge in [-0.1, -0.05) is 32.0 Å². The van der Waals surface area contributed by atoms with E-state index in [2.05, 4.69) is 44.0 Å². The van der Waals surface area contributed by atoms with Crippen molar-refractivity contribution in [1.29, 1.82) is 0 Å². The third kappa shape index (κ3) is 4.14. The van der Waals surface area contributed by atoms with E-state index in [9.17, 15) is 34.8 Å². The van der Waals surface area contributed by atoms with Crippen LogP contribution in [0.25, 0.3) is 0 Å². The van der Waals surface area contributed by atoms with Crippen LogP contribution < -0.4 is 4.90 Å². The van der Waals surface area contributed by atoms with Crippen molar-refractivity contribution >= 4 is 23.6 Å². The molecule has 6 aliphatic heterocycles. The van der Waals surface area contributed by atoms with Gasteiger partial charge in [-0.2, -0.15) is 0 Å². The largest absolute Gasteiger partial charge is 0.468 e. The molecule has 0 radical (unpaired) electrons. The maximum absolute atomic E-state index is 14.6. The number of nitrogens with zero attached hydrogens (tertiary/aromatic N) is 2. The highest BCUT2D eigenvalue weighted by Gasteiger charge is 2.83. The number of aliphatic hydroxyl groups is 4. The Bertz CT molecular complexity index is 2010. The SMILES string of the molecule is CC[C@@H]1[C@H]2C[C@H]3[C@@H]4N(C)c5ccccc5[C@@]45C[C@@H]([C@@H]2[C@@H]5O)[N@@+]3(CC(=O)O[C@H]2CC[C@]3(C(=O)OC)[C@@H]4CC[C@]5(C)[C@H](C6=CC(=O)OC6)CC[C@]5(O)[C@H]4CC[C@@]3(O)C2)[C@@H]1O. The molecule has 314 valence electrons. The van der Waals surface area contributed by atoms with Gasteiger partial charge in [0.05, 0.1) is 47.3 Å². The summed E-state index contributed by atoms with van der Waals surface area (Å²) in [6.45, 7) is 4.49. The summed E-state index contributed by atoms with van der Waals surface area (Å²) in [7, 11) is 3.48. The Labute approximate surface area is 340 Å². The maximum atomic E-state index is 14.6. The van der Waals surface area contributed by atoms with Crippen LogP contribution in [0.4, 0.5) is 5.69 Å². The predicted molar refractivity (Wildman–Crippen MR) is 208 cm³/mol. The standard InChI is InChI=1S/C46H61N2O10/c1-5-26-27-19-33-38-44(31-8-6-7-9-32(31)47(38)3)21-34(37(27)39(44)51)48(33,40(26)52)22-36(50)58-25-10-16-45(41(53)56-4)29-11-14-42(2)28(24-18-35(49)57-23-24)13-17-46(42,55)30(29)12-15-43(45,54)20-25/h6-9,18,25-30,33-34,37-40,51-52,54-55H,5,10-17,19-23H2,1-4H3/q+1/t25-,26+,27+,28-,29+,30-,33-,34-,37+,38-,39-,40+,42+,43+,44-,45+,46-,48-/m0/s1. The van der Waals surface area contributed by atoms with Crippen LogP contribution in [0.1, 0.15) is 96.5 Å². The minimum Gasteiger partial charge on any atom is -0.468 e. The number of fused-ring (bicyclic) bond motifs is 7. The fourth-order valence-electron chi connectivity index (χ4n) is 17.9. The van der Waals surface area contributed by atoms with Crippen LogP contribution in [0, 0.1) is 46.3 Å². The minimum absolute atomic E-state index is 0.00132. The summed E-state index contributed by atoms with van der Waals surface area (Å²) in [5.74, 6) is -1.64. The lowest BCUT2D eigenvalue weighted by Gasteiger charge is -2.67. The van der Waals surface area contributed by atoms with Gasteiger partial charge < -0.3 is 39.5 Å². The molecule has 12 rings (SSSR count). The number of ether oxygens (including phenoxy) is 3. The van der Waals surface area contributed by atoms with Gasteiger partial charge in [0.25, 0.3) is 0 Å². The number of cyclic esters (lactones) is 1. The number of rotatable bonds is 6. The normalized spacial score (nSPS) is 52.6. The van der Waals surface area contributed by atoms with Crippen LogP contribution in [0.2, 0.25) is 0 Å². The van der Waals surface area contributed by atoms with Crippen LogP contribution in [-0.4, -0.2) is 118 Å². The van der Waals surface area contributed by atoms with Crippen molar-refractivity contribution in [2.45, 2.75) is 144 Å². The summed E-state index contributed by atoms with van der Waals surface area (Å²) in [4.78, 5) is 43.2. The number of piperidine rings is 4. The summed E-state index contributed by atoms with van der Waals surface area (Å²) in [5.41, 5.74) is -1.55. The first-order chi connectivity index (χ1) is 27.7. The average Bonchev–Trinajstić information content (AvgIpc) is 3.89. The molecular formula is C46H61N2O10+. The fourth-order valence-corrected chi connectivity index (χ4v) is 17.9. The molecule has 5 aliphatic carbocycles. The molecule has 6 heterocycles. The number of aliphatic hydroxyl groups excluding tert-OH is 2.